The Morgan fingerprint density at radius 1 is 0.210 bits per heavy atom. The van der Waals surface area contributed by atoms with E-state index in [-0.39, 0.29) is 0 Å². The molecule has 12 heteroatoms. The predicted molar refractivity (Wildman–Crippen MR) is 341 cm³/mol. The highest BCUT2D eigenvalue weighted by Crippen LogP contribution is 2.76. The summed E-state index contributed by atoms with van der Waals surface area (Å²) in [6, 6.07) is 98.1. The molecule has 16 rings (SSSR count). The van der Waals surface area contributed by atoms with Gasteiger partial charge in [0.1, 0.15) is 21.6 Å². The zero-order valence-corrected chi connectivity index (χ0v) is 46.3. The Hall–Kier alpha value is -9.48. The fourth-order valence-corrected chi connectivity index (χ4v) is 27.4. The van der Waals surface area contributed by atoms with E-state index in [2.05, 4.69) is 268 Å². The highest BCUT2D eigenvalue weighted by atomic mass is 31.3. The molecule has 0 saturated carbocycles. The number of fused-ring (bicyclic) bond motifs is 9. The third kappa shape index (κ3) is 7.33. The van der Waals surface area contributed by atoms with Gasteiger partial charge < -0.3 is 13.7 Å². The summed E-state index contributed by atoms with van der Waals surface area (Å²) in [6.07, 6.45) is 5.63. The first kappa shape index (κ1) is 47.5. The molecule has 384 valence electrons. The molecule has 81 heavy (non-hydrogen) atoms. The fraction of sp³-hybridized carbons (Fsp3) is 0. The van der Waals surface area contributed by atoms with Gasteiger partial charge in [0, 0.05) is 83.6 Å². The van der Waals surface area contributed by atoms with E-state index >= 15 is 0 Å². The van der Waals surface area contributed by atoms with Crippen LogP contribution in [-0.4, -0.2) is 28.7 Å². The molecule has 0 fully saturated rings. The minimum Gasteiger partial charge on any atom is -0.308 e. The number of para-hydroxylation sites is 3. The van der Waals surface area contributed by atoms with Crippen LogP contribution in [-0.2, 0) is 0 Å². The molecule has 15 aromatic rings. The summed E-state index contributed by atoms with van der Waals surface area (Å²) in [7, 11) is -9.71. The highest BCUT2D eigenvalue weighted by Gasteiger charge is 2.42. The maximum atomic E-state index is 6.56. The lowest BCUT2D eigenvalue weighted by atomic mass is 10.2. The lowest BCUT2D eigenvalue weighted by Crippen LogP contribution is -2.25. The van der Waals surface area contributed by atoms with E-state index in [0.29, 0.717) is 0 Å². The molecule has 6 aromatic heterocycles. The van der Waals surface area contributed by atoms with E-state index < -0.39 is 21.6 Å². The number of aromatic nitrogens is 6. The van der Waals surface area contributed by atoms with Crippen molar-refractivity contribution < 1.29 is 0 Å². The van der Waals surface area contributed by atoms with Crippen molar-refractivity contribution in [2.45, 2.75) is 0 Å². The van der Waals surface area contributed by atoms with E-state index in [1.807, 2.05) is 36.8 Å². The molecular weight excluding hydrogens is 1050 g/mol. The molecule has 0 atom stereocenters. The molecule has 0 N–H and O–H groups in total. The molecule has 9 nitrogen and oxygen atoms in total. The molecule has 0 bridgehead atoms. The molecule has 1 aliphatic rings. The van der Waals surface area contributed by atoms with Gasteiger partial charge in [0.25, 0.3) is 0 Å². The largest absolute Gasteiger partial charge is 0.308 e. The van der Waals surface area contributed by atoms with Crippen molar-refractivity contribution in [2.75, 3.05) is 0 Å². The second-order valence-corrected chi connectivity index (χ2v) is 29.2. The van der Waals surface area contributed by atoms with Gasteiger partial charge in [0.15, 0.2) is 0 Å². The van der Waals surface area contributed by atoms with Crippen molar-refractivity contribution in [1.29, 1.82) is 0 Å². The van der Waals surface area contributed by atoms with Gasteiger partial charge in [-0.2, -0.15) is 0 Å². The molecule has 0 spiro atoms. The van der Waals surface area contributed by atoms with Crippen molar-refractivity contribution in [2.24, 2.45) is 13.5 Å². The fourth-order valence-electron chi connectivity index (χ4n) is 12.2. The van der Waals surface area contributed by atoms with Crippen LogP contribution in [0.15, 0.2) is 305 Å². The molecule has 0 saturated heterocycles. The second kappa shape index (κ2) is 18.8. The number of hydrogen-bond acceptors (Lipinski definition) is 6. The molecule has 0 radical (unpaired) electrons. The minimum atomic E-state index is -3.24. The Morgan fingerprint density at radius 2 is 0.444 bits per heavy atom. The van der Waals surface area contributed by atoms with Crippen molar-refractivity contribution >= 4 is 119 Å². The molecule has 7 heterocycles. The normalized spacial score (nSPS) is 18.1. The summed E-state index contributed by atoms with van der Waals surface area (Å²) in [4.78, 5) is 14.6. The summed E-state index contributed by atoms with van der Waals surface area (Å²) in [5.41, 5.74) is 12.5. The monoisotopic (exact) mass is 1100 g/mol. The van der Waals surface area contributed by atoms with Crippen molar-refractivity contribution in [3.63, 3.8) is 0 Å². The van der Waals surface area contributed by atoms with E-state index in [1.165, 1.54) is 0 Å². The Labute approximate surface area is 467 Å². The molecule has 0 amide bonds. The molecule has 0 unspecified atom stereocenters. The maximum Gasteiger partial charge on any atom is 0.138 e. The van der Waals surface area contributed by atoms with Crippen LogP contribution in [0.25, 0.3) is 82.9 Å². The number of hydrogen-bond donors (Lipinski definition) is 0. The zero-order chi connectivity index (χ0) is 53.5. The van der Waals surface area contributed by atoms with Gasteiger partial charge in [-0.3, -0.25) is 15.0 Å². The van der Waals surface area contributed by atoms with Crippen LogP contribution in [0.2, 0.25) is 0 Å². The van der Waals surface area contributed by atoms with E-state index in [0.717, 1.165) is 115 Å². The van der Waals surface area contributed by atoms with Crippen molar-refractivity contribution in [3.05, 3.63) is 292 Å². The average molecular weight is 1100 g/mol. The SMILES string of the molecule is c1ccc(P2(c3ccc(-n4c5ccccc5c5ncccc54)cc3)=NP(c3ccccc3)(c3ccc(-n4c5ccccc5c5ncccc54)cc3)=NP(c3ccccc3)(c3ccc(-n4c5ccccc5c5ncccc54)cc3)=N2)cc1. The second-order valence-electron chi connectivity index (χ2n) is 20.3. The lowest BCUT2D eigenvalue weighted by molar-refractivity contribution is 1.18. The summed E-state index contributed by atoms with van der Waals surface area (Å²) in [5.74, 6) is 0. The van der Waals surface area contributed by atoms with E-state index in [9.17, 15) is 0 Å². The van der Waals surface area contributed by atoms with Crippen molar-refractivity contribution in [1.82, 2.24) is 28.7 Å². The molecule has 9 aromatic carbocycles. The predicted octanol–water partition coefficient (Wildman–Crippen LogP) is 15.8. The summed E-state index contributed by atoms with van der Waals surface area (Å²) in [6.45, 7) is 0. The first-order valence-corrected chi connectivity index (χ1v) is 32.1. The van der Waals surface area contributed by atoms with Crippen LogP contribution in [0, 0.1) is 0 Å². The zero-order valence-electron chi connectivity index (χ0n) is 43.6. The number of rotatable bonds is 9. The van der Waals surface area contributed by atoms with Gasteiger partial charge in [-0.15, -0.1) is 0 Å². The summed E-state index contributed by atoms with van der Waals surface area (Å²) in [5, 5.41) is 9.69. The molecular formula is C69H48N9P3. The van der Waals surface area contributed by atoms with Crippen LogP contribution >= 0.6 is 21.6 Å². The Bertz CT molecular complexity index is 4440. The van der Waals surface area contributed by atoms with Gasteiger partial charge in [0.05, 0.1) is 49.7 Å². The number of pyridine rings is 3. The quantitative estimate of drug-likeness (QED) is 0.135. The van der Waals surface area contributed by atoms with Crippen LogP contribution in [0.5, 0.6) is 0 Å². The number of nitrogens with zero attached hydrogens (tertiary/aromatic N) is 9. The lowest BCUT2D eigenvalue weighted by Gasteiger charge is -2.38. The third-order valence-corrected chi connectivity index (χ3v) is 28.1. The van der Waals surface area contributed by atoms with Crippen LogP contribution < -0.4 is 31.8 Å². The summed E-state index contributed by atoms with van der Waals surface area (Å²) < 4.78 is 26.6. The average Bonchev–Trinajstić information content (AvgIpc) is 4.25. The first-order valence-electron chi connectivity index (χ1n) is 27.0. The minimum absolute atomic E-state index is 0.973. The van der Waals surface area contributed by atoms with Crippen LogP contribution in [0.3, 0.4) is 0 Å². The Morgan fingerprint density at radius 3 is 0.728 bits per heavy atom. The third-order valence-electron chi connectivity index (χ3n) is 15.8. The van der Waals surface area contributed by atoms with Gasteiger partial charge >= 0.3 is 0 Å². The van der Waals surface area contributed by atoms with Crippen LogP contribution in [0.4, 0.5) is 0 Å². The van der Waals surface area contributed by atoms with E-state index in [1.54, 1.807) is 0 Å². The molecule has 0 aliphatic carbocycles. The van der Waals surface area contributed by atoms with Crippen LogP contribution in [0.1, 0.15) is 0 Å². The standard InChI is InChI=1S/C69H48N9P3/c1-4-19-52(20-5-1)79(55-40-34-49(35-41-55)76-61-28-13-10-25-58(61)67-64(76)31-16-46-70-67)73-80(53-21-6-2-7-22-53,56-42-36-50(37-43-56)77-62-29-14-11-26-59(62)68-65(77)32-17-47-71-68)75-81(74-79,54-23-8-3-9-24-54)57-44-38-51(39-45-57)78-63-30-15-12-27-60(63)69-66(78)33-18-48-72-69/h1-48H. The van der Waals surface area contributed by atoms with Gasteiger partial charge in [-0.25, -0.2) is 13.5 Å². The maximum absolute atomic E-state index is 6.56. The smallest absolute Gasteiger partial charge is 0.138 e. The first-order chi connectivity index (χ1) is 40.1. The number of benzene rings is 9. The molecule has 1 aliphatic heterocycles. The van der Waals surface area contributed by atoms with E-state index in [4.69, 9.17) is 28.5 Å². The summed E-state index contributed by atoms with van der Waals surface area (Å²) >= 11 is 0. The Balaban J connectivity index is 1.01. The Kier molecular flexibility index (Phi) is 11.0. The van der Waals surface area contributed by atoms with Gasteiger partial charge in [-0.05, 0) is 127 Å². The van der Waals surface area contributed by atoms with Crippen molar-refractivity contribution in [3.8, 4) is 17.1 Å². The van der Waals surface area contributed by atoms with Gasteiger partial charge in [-0.1, -0.05) is 146 Å². The topological polar surface area (TPSA) is 90.5 Å². The van der Waals surface area contributed by atoms with Gasteiger partial charge in [0.2, 0.25) is 0 Å². The highest BCUT2D eigenvalue weighted by molar-refractivity contribution is 8.00.